The summed E-state index contributed by atoms with van der Waals surface area (Å²) in [7, 11) is 0. The second kappa shape index (κ2) is 8.23. The van der Waals surface area contributed by atoms with E-state index in [4.69, 9.17) is 0 Å². The lowest BCUT2D eigenvalue weighted by molar-refractivity contribution is 0.474. The Morgan fingerprint density at radius 3 is 2.61 bits per heavy atom. The molecule has 140 valence electrons. The van der Waals surface area contributed by atoms with Gasteiger partial charge in [-0.3, -0.25) is 5.43 Å². The van der Waals surface area contributed by atoms with E-state index in [0.717, 1.165) is 39.3 Å². The summed E-state index contributed by atoms with van der Waals surface area (Å²) in [6.45, 7) is 2.18. The van der Waals surface area contributed by atoms with E-state index in [0.29, 0.717) is 5.56 Å². The quantitative estimate of drug-likeness (QED) is 0.312. The number of nitrogens with zero attached hydrogens (tertiary/aromatic N) is 2. The lowest BCUT2D eigenvalue weighted by Crippen LogP contribution is -1.91. The van der Waals surface area contributed by atoms with Gasteiger partial charge in [0.05, 0.1) is 16.4 Å². The van der Waals surface area contributed by atoms with Crippen molar-refractivity contribution in [2.45, 2.75) is 19.8 Å². The molecule has 0 spiro atoms. The first-order valence-electron chi connectivity index (χ1n) is 9.30. The zero-order valence-corrected chi connectivity index (χ0v) is 16.4. The molecule has 0 aliphatic heterocycles. The molecule has 4 rings (SSSR count). The molecule has 1 aromatic heterocycles. The van der Waals surface area contributed by atoms with Crippen LogP contribution in [0.15, 0.2) is 71.8 Å². The predicted molar refractivity (Wildman–Crippen MR) is 118 cm³/mol. The van der Waals surface area contributed by atoms with Crippen molar-refractivity contribution < 1.29 is 5.11 Å². The molecule has 0 aliphatic rings. The highest BCUT2D eigenvalue weighted by molar-refractivity contribution is 7.22. The first-order chi connectivity index (χ1) is 13.7. The van der Waals surface area contributed by atoms with E-state index in [9.17, 15) is 5.11 Å². The number of aryl methyl sites for hydroxylation is 1. The molecular weight excluding hydrogens is 366 g/mol. The number of para-hydroxylation sites is 1. The lowest BCUT2D eigenvalue weighted by atomic mass is 10.0. The van der Waals surface area contributed by atoms with Crippen LogP contribution in [-0.4, -0.2) is 16.3 Å². The number of hydrazone groups is 1. The van der Waals surface area contributed by atoms with Gasteiger partial charge in [-0.05, 0) is 47.4 Å². The van der Waals surface area contributed by atoms with E-state index in [1.165, 1.54) is 5.56 Å². The summed E-state index contributed by atoms with van der Waals surface area (Å²) in [5.74, 6) is 0.196. The monoisotopic (exact) mass is 387 g/mol. The number of hydrogen-bond acceptors (Lipinski definition) is 5. The smallest absolute Gasteiger partial charge is 0.204 e. The number of anilines is 1. The zero-order valence-electron chi connectivity index (χ0n) is 15.6. The Kier molecular flexibility index (Phi) is 5.35. The van der Waals surface area contributed by atoms with Gasteiger partial charge in [-0.2, -0.15) is 5.10 Å². The SMILES string of the molecule is CCCc1ccc(-c2ccc(O)c(/C=N/Nc3nc4ccccc4s3)c2)cc1. The van der Waals surface area contributed by atoms with E-state index in [1.807, 2.05) is 36.4 Å². The number of aromatic nitrogens is 1. The topological polar surface area (TPSA) is 57.5 Å². The zero-order chi connectivity index (χ0) is 19.3. The van der Waals surface area contributed by atoms with Gasteiger partial charge in [-0.25, -0.2) is 4.98 Å². The Labute approximate surface area is 168 Å². The van der Waals surface area contributed by atoms with Gasteiger partial charge in [0.2, 0.25) is 5.13 Å². The fourth-order valence-electron chi connectivity index (χ4n) is 3.07. The minimum absolute atomic E-state index is 0.196. The molecule has 5 heteroatoms. The maximum absolute atomic E-state index is 10.2. The van der Waals surface area contributed by atoms with Gasteiger partial charge in [-0.15, -0.1) is 0 Å². The van der Waals surface area contributed by atoms with Crippen LogP contribution >= 0.6 is 11.3 Å². The number of aromatic hydroxyl groups is 1. The number of hydrogen-bond donors (Lipinski definition) is 2. The lowest BCUT2D eigenvalue weighted by Gasteiger charge is -2.06. The van der Waals surface area contributed by atoms with Crippen molar-refractivity contribution in [2.24, 2.45) is 5.10 Å². The van der Waals surface area contributed by atoms with Crippen molar-refractivity contribution in [1.82, 2.24) is 4.98 Å². The van der Waals surface area contributed by atoms with Gasteiger partial charge in [-0.1, -0.05) is 67.1 Å². The molecule has 0 bridgehead atoms. The molecular formula is C23H21N3OS. The first-order valence-corrected chi connectivity index (χ1v) is 10.1. The molecule has 0 radical (unpaired) electrons. The second-order valence-electron chi connectivity index (χ2n) is 6.58. The van der Waals surface area contributed by atoms with E-state index >= 15 is 0 Å². The molecule has 0 aliphatic carbocycles. The summed E-state index contributed by atoms with van der Waals surface area (Å²) in [6.07, 6.45) is 3.85. The molecule has 0 saturated carbocycles. The molecule has 3 aromatic carbocycles. The summed E-state index contributed by atoms with van der Waals surface area (Å²) < 4.78 is 1.11. The predicted octanol–water partition coefficient (Wildman–Crippen LogP) is 6.07. The average molecular weight is 388 g/mol. The third-order valence-corrected chi connectivity index (χ3v) is 5.45. The summed E-state index contributed by atoms with van der Waals surface area (Å²) in [5, 5.41) is 15.2. The Balaban J connectivity index is 1.52. The van der Waals surface area contributed by atoms with Crippen molar-refractivity contribution >= 4 is 32.9 Å². The Hall–Kier alpha value is -3.18. The first kappa shape index (κ1) is 18.2. The molecule has 0 saturated heterocycles. The van der Waals surface area contributed by atoms with Crippen LogP contribution in [0.1, 0.15) is 24.5 Å². The summed E-state index contributed by atoms with van der Waals surface area (Å²) in [5.41, 5.74) is 8.06. The molecule has 0 unspecified atom stereocenters. The maximum Gasteiger partial charge on any atom is 0.204 e. The van der Waals surface area contributed by atoms with Crippen LogP contribution < -0.4 is 5.43 Å². The molecule has 0 atom stereocenters. The van der Waals surface area contributed by atoms with Gasteiger partial charge < -0.3 is 5.11 Å². The van der Waals surface area contributed by atoms with Gasteiger partial charge in [0, 0.05) is 5.56 Å². The third-order valence-electron chi connectivity index (χ3n) is 4.51. The van der Waals surface area contributed by atoms with Gasteiger partial charge in [0.15, 0.2) is 0 Å². The van der Waals surface area contributed by atoms with Crippen molar-refractivity contribution in [3.63, 3.8) is 0 Å². The minimum Gasteiger partial charge on any atom is -0.507 e. The van der Waals surface area contributed by atoms with Gasteiger partial charge >= 0.3 is 0 Å². The van der Waals surface area contributed by atoms with Crippen molar-refractivity contribution in [3.05, 3.63) is 77.9 Å². The number of thiazole rings is 1. The molecule has 1 heterocycles. The van der Waals surface area contributed by atoms with Crippen LogP contribution in [0, 0.1) is 0 Å². The number of nitrogens with one attached hydrogen (secondary N) is 1. The maximum atomic E-state index is 10.2. The number of phenolic OH excluding ortho intramolecular Hbond substituents is 1. The van der Waals surface area contributed by atoms with E-state index in [1.54, 1.807) is 23.6 Å². The standard InChI is InChI=1S/C23H21N3OS/c1-2-5-16-8-10-17(11-9-16)18-12-13-21(27)19(14-18)15-24-26-23-25-20-6-3-4-7-22(20)28-23/h3-4,6-15,27H,2,5H2,1H3,(H,25,26)/b24-15+. The summed E-state index contributed by atoms with van der Waals surface area (Å²) in [6, 6.07) is 22.1. The highest BCUT2D eigenvalue weighted by Crippen LogP contribution is 2.27. The molecule has 0 amide bonds. The van der Waals surface area contributed by atoms with Crippen LogP contribution in [0.5, 0.6) is 5.75 Å². The Morgan fingerprint density at radius 2 is 1.82 bits per heavy atom. The minimum atomic E-state index is 0.196. The summed E-state index contributed by atoms with van der Waals surface area (Å²) in [4.78, 5) is 4.49. The fourth-order valence-corrected chi connectivity index (χ4v) is 3.88. The molecule has 28 heavy (non-hydrogen) atoms. The number of phenols is 1. The normalized spacial score (nSPS) is 11.3. The highest BCUT2D eigenvalue weighted by atomic mass is 32.1. The van der Waals surface area contributed by atoms with Crippen LogP contribution in [0.3, 0.4) is 0 Å². The molecule has 0 fully saturated rings. The largest absolute Gasteiger partial charge is 0.507 e. The summed E-state index contributed by atoms with van der Waals surface area (Å²) >= 11 is 1.54. The van der Waals surface area contributed by atoms with Crippen LogP contribution in [0.2, 0.25) is 0 Å². The Morgan fingerprint density at radius 1 is 1.04 bits per heavy atom. The van der Waals surface area contributed by atoms with Crippen molar-refractivity contribution in [3.8, 4) is 16.9 Å². The van der Waals surface area contributed by atoms with Gasteiger partial charge in [0.25, 0.3) is 0 Å². The average Bonchev–Trinajstić information content (AvgIpc) is 3.13. The molecule has 2 N–H and O–H groups in total. The van der Waals surface area contributed by atoms with E-state index in [2.05, 4.69) is 46.7 Å². The number of rotatable bonds is 6. The second-order valence-corrected chi connectivity index (χ2v) is 7.61. The number of benzene rings is 3. The van der Waals surface area contributed by atoms with E-state index in [-0.39, 0.29) is 5.75 Å². The van der Waals surface area contributed by atoms with E-state index < -0.39 is 0 Å². The fraction of sp³-hybridized carbons (Fsp3) is 0.130. The molecule has 4 nitrogen and oxygen atoms in total. The van der Waals surface area contributed by atoms with Gasteiger partial charge in [0.1, 0.15) is 5.75 Å². The highest BCUT2D eigenvalue weighted by Gasteiger charge is 2.05. The third kappa shape index (κ3) is 4.05. The van der Waals surface area contributed by atoms with Crippen LogP contribution in [0.25, 0.3) is 21.3 Å². The Bertz CT molecular complexity index is 1080. The van der Waals surface area contributed by atoms with Crippen molar-refractivity contribution in [1.29, 1.82) is 0 Å². The van der Waals surface area contributed by atoms with Crippen molar-refractivity contribution in [2.75, 3.05) is 5.43 Å². The van der Waals surface area contributed by atoms with Crippen LogP contribution in [-0.2, 0) is 6.42 Å². The van der Waals surface area contributed by atoms with Crippen LogP contribution in [0.4, 0.5) is 5.13 Å². The number of fused-ring (bicyclic) bond motifs is 1. The molecule has 4 aromatic rings.